The van der Waals surface area contributed by atoms with Crippen molar-refractivity contribution in [3.05, 3.63) is 163 Å². The summed E-state index contributed by atoms with van der Waals surface area (Å²) < 4.78 is 32.0. The van der Waals surface area contributed by atoms with Crippen LogP contribution in [0.5, 0.6) is 0 Å². The summed E-state index contributed by atoms with van der Waals surface area (Å²) in [5.74, 6) is -2.93. The highest BCUT2D eigenvalue weighted by molar-refractivity contribution is 6.96. The largest absolute Gasteiger partial charge is 0.519 e. The number of aliphatic carboxylic acids is 1. The van der Waals surface area contributed by atoms with Gasteiger partial charge in [0.15, 0.2) is 0 Å². The highest BCUT2D eigenvalue weighted by Gasteiger charge is 2.56. The number of hydrogen-bond acceptors (Lipinski definition) is 11. The van der Waals surface area contributed by atoms with Gasteiger partial charge in [-0.05, 0) is 80.2 Å². The molecule has 0 amide bonds. The fourth-order valence-corrected chi connectivity index (χ4v) is 16.9. The zero-order valence-electron chi connectivity index (χ0n) is 40.9. The maximum Gasteiger partial charge on any atom is 0.519 e. The van der Waals surface area contributed by atoms with Crippen molar-refractivity contribution in [2.24, 2.45) is 0 Å². The van der Waals surface area contributed by atoms with E-state index in [1.807, 2.05) is 104 Å². The molecular weight excluding hydrogens is 933 g/mol. The van der Waals surface area contributed by atoms with E-state index < -0.39 is 49.9 Å². The van der Waals surface area contributed by atoms with Crippen LogP contribution in [0.2, 0.25) is 13.1 Å². The number of rotatable bonds is 27. The molecule has 69 heavy (non-hydrogen) atoms. The van der Waals surface area contributed by atoms with E-state index in [1.165, 1.54) is 31.0 Å². The minimum atomic E-state index is -3.45. The lowest BCUT2D eigenvalue weighted by Crippen LogP contribution is -2.71. The second kappa shape index (κ2) is 35.9. The SMILES string of the molecule is CC/C=C/C/C=C/C/C=C/CCCCCCCC(=O)O.CO[Si](C)(O[Si](OC)(O[Si](C)(OC)c1ccccc1)c1ccccc1)c1ccccc1.O=C(O)c1cccc(C(=O)O)c1.OCC(O)CO. The third-order valence-electron chi connectivity index (χ3n) is 10.2. The molecule has 4 aromatic rings. The first-order chi connectivity index (χ1) is 33.1. The summed E-state index contributed by atoms with van der Waals surface area (Å²) in [6.07, 6.45) is 22.4. The summed E-state index contributed by atoms with van der Waals surface area (Å²) in [7, 11) is -4.19. The van der Waals surface area contributed by atoms with E-state index in [-0.39, 0.29) is 24.3 Å². The highest BCUT2D eigenvalue weighted by atomic mass is 28.5. The molecule has 0 aliphatic carbocycles. The van der Waals surface area contributed by atoms with Gasteiger partial charge < -0.3 is 52.1 Å². The van der Waals surface area contributed by atoms with E-state index in [9.17, 15) is 14.4 Å². The maximum absolute atomic E-state index is 10.4. The van der Waals surface area contributed by atoms with Crippen LogP contribution in [0.25, 0.3) is 0 Å². The molecule has 0 aliphatic heterocycles. The van der Waals surface area contributed by atoms with E-state index in [1.54, 1.807) is 21.3 Å². The van der Waals surface area contributed by atoms with E-state index in [2.05, 4.69) is 43.4 Å². The minimum Gasteiger partial charge on any atom is -0.481 e. The molecule has 4 rings (SSSR count). The van der Waals surface area contributed by atoms with Gasteiger partial charge in [-0.15, -0.1) is 0 Å². The van der Waals surface area contributed by atoms with Crippen molar-refractivity contribution < 1.29 is 66.5 Å². The number of aromatic carboxylic acids is 2. The number of unbranched alkanes of at least 4 members (excludes halogenated alkanes) is 5. The molecule has 17 heteroatoms. The average molecular weight is 1010 g/mol. The first kappa shape index (κ1) is 61.9. The van der Waals surface area contributed by atoms with E-state index in [4.69, 9.17) is 52.1 Å². The van der Waals surface area contributed by atoms with E-state index in [0.29, 0.717) is 6.42 Å². The van der Waals surface area contributed by atoms with Crippen LogP contribution in [-0.4, -0.2) is 115 Å². The molecule has 0 saturated heterocycles. The Morgan fingerprint density at radius 3 is 1.32 bits per heavy atom. The molecule has 0 heterocycles. The predicted octanol–water partition coefficient (Wildman–Crippen LogP) is 7.84. The summed E-state index contributed by atoms with van der Waals surface area (Å²) in [5, 5.41) is 52.4. The number of aliphatic hydroxyl groups excluding tert-OH is 3. The summed E-state index contributed by atoms with van der Waals surface area (Å²) in [6, 6.07) is 35.1. The van der Waals surface area contributed by atoms with Gasteiger partial charge in [-0.2, -0.15) is 0 Å². The molecule has 14 nitrogen and oxygen atoms in total. The first-order valence-electron chi connectivity index (χ1n) is 23.0. The molecule has 0 saturated carbocycles. The van der Waals surface area contributed by atoms with Crippen molar-refractivity contribution in [1.29, 1.82) is 0 Å². The van der Waals surface area contributed by atoms with Gasteiger partial charge in [0.1, 0.15) is 6.10 Å². The molecule has 2 atom stereocenters. The highest BCUT2D eigenvalue weighted by Crippen LogP contribution is 2.23. The molecule has 4 aromatic carbocycles. The van der Waals surface area contributed by atoms with Crippen molar-refractivity contribution in [2.45, 2.75) is 90.3 Å². The minimum absolute atomic E-state index is 0.0186. The molecule has 0 fully saturated rings. The monoisotopic (exact) mass is 1010 g/mol. The van der Waals surface area contributed by atoms with Crippen LogP contribution in [0.3, 0.4) is 0 Å². The quantitative estimate of drug-likeness (QED) is 0.0191. The molecule has 378 valence electrons. The van der Waals surface area contributed by atoms with E-state index >= 15 is 0 Å². The van der Waals surface area contributed by atoms with Crippen molar-refractivity contribution in [1.82, 2.24) is 0 Å². The summed E-state index contributed by atoms with van der Waals surface area (Å²) in [4.78, 5) is 31.1. The summed E-state index contributed by atoms with van der Waals surface area (Å²) in [5.41, 5.74) is -0.0372. The molecule has 2 unspecified atom stereocenters. The van der Waals surface area contributed by atoms with Gasteiger partial charge in [0, 0.05) is 32.9 Å². The Bertz CT molecular complexity index is 2000. The van der Waals surface area contributed by atoms with Gasteiger partial charge in [-0.3, -0.25) is 4.79 Å². The second-order valence-electron chi connectivity index (χ2n) is 15.6. The van der Waals surface area contributed by atoms with Crippen molar-refractivity contribution in [3.63, 3.8) is 0 Å². The van der Waals surface area contributed by atoms with Gasteiger partial charge in [0.05, 0.1) is 24.3 Å². The lowest BCUT2D eigenvalue weighted by Gasteiger charge is -2.41. The molecule has 6 N–H and O–H groups in total. The van der Waals surface area contributed by atoms with Crippen molar-refractivity contribution in [2.75, 3.05) is 34.5 Å². The number of aliphatic hydroxyl groups is 3. The van der Waals surface area contributed by atoms with Crippen LogP contribution in [0.1, 0.15) is 91.8 Å². The normalized spacial score (nSPS) is 13.8. The molecular formula is C52H74O14Si3. The summed E-state index contributed by atoms with van der Waals surface area (Å²) >= 11 is 0. The van der Waals surface area contributed by atoms with E-state index in [0.717, 1.165) is 66.6 Å². The first-order valence-corrected chi connectivity index (χ1v) is 29.3. The third kappa shape index (κ3) is 24.8. The van der Waals surface area contributed by atoms with Gasteiger partial charge in [-0.1, -0.05) is 160 Å². The van der Waals surface area contributed by atoms with Crippen LogP contribution in [0.15, 0.2) is 152 Å². The standard InChI is InChI=1S/C23H30O5Si3.C18H30O2.C8H6O4.C3H8O3/c1-24-29(4,21-15-9-6-10-16-21)27-31(26-3,23-19-13-8-14-20-23)28-30(5,25-2)22-17-11-7-12-18-22;1-2-3-4-5-6-7-8-9-10-11-12-13-14-15-16-17-18(19)20;9-7(10)5-2-1-3-6(4-5)8(11)12;4-1-3(6)2-5/h6-20H,1-5H3;3-4,6-7,9-10H,2,5,8,11-17H2,1H3,(H,19,20);1-4H,(H,9,10)(H,11,12);3-6H,1-2H2/b;4-3+,7-6+,10-9+;;. The molecule has 0 radical (unpaired) electrons. The van der Waals surface area contributed by atoms with Crippen LogP contribution in [0, 0.1) is 0 Å². The van der Waals surface area contributed by atoms with Crippen LogP contribution >= 0.6 is 0 Å². The predicted molar refractivity (Wildman–Crippen MR) is 278 cm³/mol. The second-order valence-corrected chi connectivity index (χ2v) is 25.1. The molecule has 0 spiro atoms. The average Bonchev–Trinajstić information content (AvgIpc) is 3.38. The van der Waals surface area contributed by atoms with Crippen LogP contribution in [-0.2, 0) is 26.3 Å². The number of benzene rings is 4. The smallest absolute Gasteiger partial charge is 0.481 e. The lowest BCUT2D eigenvalue weighted by atomic mass is 10.1. The Morgan fingerprint density at radius 1 is 0.536 bits per heavy atom. The van der Waals surface area contributed by atoms with Gasteiger partial charge in [0.25, 0.3) is 0 Å². The fourth-order valence-electron chi connectivity index (χ4n) is 6.15. The lowest BCUT2D eigenvalue weighted by molar-refractivity contribution is -0.137. The van der Waals surface area contributed by atoms with Crippen LogP contribution in [0.4, 0.5) is 0 Å². The number of carboxylic acid groups (broad SMARTS) is 3. The number of allylic oxidation sites excluding steroid dienone is 6. The Kier molecular flexibility index (Phi) is 32.2. The zero-order chi connectivity index (χ0) is 51.4. The maximum atomic E-state index is 10.4. The number of carbonyl (C=O) groups is 3. The van der Waals surface area contributed by atoms with Crippen molar-refractivity contribution >= 4 is 59.4 Å². The third-order valence-corrected chi connectivity index (χ3v) is 21.4. The molecule has 0 aromatic heterocycles. The van der Waals surface area contributed by atoms with Gasteiger partial charge >= 0.3 is 43.8 Å². The number of hydrogen-bond donors (Lipinski definition) is 6. The molecule has 0 bridgehead atoms. The Morgan fingerprint density at radius 2 is 0.942 bits per heavy atom. The zero-order valence-corrected chi connectivity index (χ0v) is 43.9. The van der Waals surface area contributed by atoms with Crippen molar-refractivity contribution in [3.8, 4) is 0 Å². The Hall–Kier alpha value is -5.16. The van der Waals surface area contributed by atoms with Gasteiger partial charge in [-0.25, -0.2) is 9.59 Å². The van der Waals surface area contributed by atoms with Crippen LogP contribution < -0.4 is 15.6 Å². The number of carboxylic acids is 3. The van der Waals surface area contributed by atoms with Gasteiger partial charge in [0.2, 0.25) is 0 Å². The Balaban J connectivity index is 0.000000533. The Labute approximate surface area is 412 Å². The fraction of sp³-hybridized carbons (Fsp3) is 0.365. The molecule has 0 aliphatic rings. The summed E-state index contributed by atoms with van der Waals surface area (Å²) in [6.45, 7) is 5.45. The topological polar surface area (TPSA) is 219 Å².